The molecule has 0 saturated heterocycles. The number of nitrogens with zero attached hydrogens (tertiary/aromatic N) is 2. The van der Waals surface area contributed by atoms with E-state index in [1.54, 1.807) is 6.92 Å². The van der Waals surface area contributed by atoms with E-state index in [1.807, 2.05) is 0 Å². The summed E-state index contributed by atoms with van der Waals surface area (Å²) < 4.78 is 1.25. The number of aromatic carboxylic acids is 1. The van der Waals surface area contributed by atoms with E-state index >= 15 is 0 Å². The first kappa shape index (κ1) is 18.6. The van der Waals surface area contributed by atoms with Gasteiger partial charge in [0.15, 0.2) is 0 Å². The van der Waals surface area contributed by atoms with Crippen molar-refractivity contribution in [2.45, 2.75) is 45.1 Å². The van der Waals surface area contributed by atoms with Crippen molar-refractivity contribution in [3.63, 3.8) is 0 Å². The maximum atomic E-state index is 12.3. The van der Waals surface area contributed by atoms with Crippen LogP contribution in [0, 0.1) is 0 Å². The average molecular weight is 371 g/mol. The summed E-state index contributed by atoms with van der Waals surface area (Å²) in [4.78, 5) is 42.0. The van der Waals surface area contributed by atoms with Crippen molar-refractivity contribution < 1.29 is 15.0 Å². The summed E-state index contributed by atoms with van der Waals surface area (Å²) in [6, 6.07) is 5.68. The second-order valence-corrected chi connectivity index (χ2v) is 6.67. The summed E-state index contributed by atoms with van der Waals surface area (Å²) in [5.74, 6) is -1.42. The highest BCUT2D eigenvalue weighted by atomic mass is 16.4. The molecule has 1 aliphatic rings. The summed E-state index contributed by atoms with van der Waals surface area (Å²) in [5.41, 5.74) is -0.576. The molecule has 0 spiro atoms. The molecular formula is C19H21N3O5. The molecule has 2 aromatic rings. The third kappa shape index (κ3) is 3.84. The Balaban J connectivity index is 2.03. The monoisotopic (exact) mass is 371 g/mol. The molecule has 8 nitrogen and oxygen atoms in total. The lowest BCUT2D eigenvalue weighted by Gasteiger charge is -2.25. The smallest absolute Gasteiger partial charge is 0.335 e. The molecular weight excluding hydrogens is 350 g/mol. The number of hydrogen-bond donors (Lipinski definition) is 3. The number of hydrogen-bond acceptors (Lipinski definition) is 5. The number of carboxylic acid groups (broad SMARTS) is 1. The molecule has 0 aliphatic heterocycles. The molecule has 1 aromatic heterocycles. The van der Waals surface area contributed by atoms with Crippen LogP contribution in [0.4, 0.5) is 5.69 Å². The van der Waals surface area contributed by atoms with Crippen LogP contribution in [0.25, 0.3) is 0 Å². The minimum Gasteiger partial charge on any atom is -0.494 e. The van der Waals surface area contributed by atoms with Crippen molar-refractivity contribution in [3.05, 3.63) is 56.2 Å². The zero-order chi connectivity index (χ0) is 19.6. The Morgan fingerprint density at radius 3 is 2.37 bits per heavy atom. The molecule has 0 bridgehead atoms. The second kappa shape index (κ2) is 7.61. The maximum Gasteiger partial charge on any atom is 0.335 e. The van der Waals surface area contributed by atoms with Crippen LogP contribution in [0.5, 0.6) is 5.88 Å². The average Bonchev–Trinajstić information content (AvgIpc) is 2.62. The minimum absolute atomic E-state index is 0.0533. The zero-order valence-electron chi connectivity index (χ0n) is 14.9. The van der Waals surface area contributed by atoms with E-state index in [2.05, 4.69) is 9.98 Å². The topological polar surface area (TPSA) is 125 Å². The van der Waals surface area contributed by atoms with Gasteiger partial charge < -0.3 is 10.2 Å². The van der Waals surface area contributed by atoms with Crippen LogP contribution in [0.2, 0.25) is 0 Å². The molecule has 142 valence electrons. The summed E-state index contributed by atoms with van der Waals surface area (Å²) in [6.45, 7) is 1.56. The van der Waals surface area contributed by atoms with E-state index < -0.39 is 17.2 Å². The number of carbonyl (C=O) groups is 1. The fourth-order valence-electron chi connectivity index (χ4n) is 3.47. The molecule has 0 amide bonds. The van der Waals surface area contributed by atoms with Gasteiger partial charge in [0, 0.05) is 6.04 Å². The van der Waals surface area contributed by atoms with E-state index in [-0.39, 0.29) is 28.8 Å². The van der Waals surface area contributed by atoms with Gasteiger partial charge in [0.05, 0.1) is 17.0 Å². The lowest BCUT2D eigenvalue weighted by Crippen LogP contribution is -2.36. The maximum absolute atomic E-state index is 12.3. The number of H-pyrrole nitrogens is 1. The molecule has 0 unspecified atom stereocenters. The van der Waals surface area contributed by atoms with Crippen molar-refractivity contribution in [2.75, 3.05) is 0 Å². The molecule has 27 heavy (non-hydrogen) atoms. The first-order chi connectivity index (χ1) is 12.9. The van der Waals surface area contributed by atoms with E-state index in [4.69, 9.17) is 5.11 Å². The van der Waals surface area contributed by atoms with Crippen LogP contribution in [0.15, 0.2) is 38.8 Å². The van der Waals surface area contributed by atoms with E-state index in [0.29, 0.717) is 5.69 Å². The lowest BCUT2D eigenvalue weighted by atomic mass is 9.95. The number of nitrogens with one attached hydrogen (secondary N) is 1. The molecule has 1 saturated carbocycles. The third-order valence-electron chi connectivity index (χ3n) is 4.83. The van der Waals surface area contributed by atoms with Gasteiger partial charge in [0.1, 0.15) is 5.56 Å². The van der Waals surface area contributed by atoms with Crippen LogP contribution in [-0.2, 0) is 0 Å². The van der Waals surface area contributed by atoms with Crippen LogP contribution in [-0.4, -0.2) is 31.4 Å². The number of aromatic hydroxyl groups is 1. The first-order valence-corrected chi connectivity index (χ1v) is 8.85. The van der Waals surface area contributed by atoms with Gasteiger partial charge in [-0.3, -0.25) is 19.3 Å². The Bertz CT molecular complexity index is 995. The Morgan fingerprint density at radius 1 is 1.15 bits per heavy atom. The van der Waals surface area contributed by atoms with Crippen molar-refractivity contribution >= 4 is 17.4 Å². The van der Waals surface area contributed by atoms with E-state index in [1.165, 1.54) is 28.8 Å². The predicted molar refractivity (Wildman–Crippen MR) is 100 cm³/mol. The van der Waals surface area contributed by atoms with Gasteiger partial charge in [0.2, 0.25) is 5.88 Å². The summed E-state index contributed by atoms with van der Waals surface area (Å²) in [5, 5.41) is 19.6. The van der Waals surface area contributed by atoms with E-state index in [0.717, 1.165) is 32.1 Å². The van der Waals surface area contributed by atoms with Gasteiger partial charge in [0.25, 0.3) is 5.56 Å². The molecule has 8 heteroatoms. The third-order valence-corrected chi connectivity index (χ3v) is 4.83. The minimum atomic E-state index is -1.05. The van der Waals surface area contributed by atoms with Gasteiger partial charge in [-0.1, -0.05) is 19.3 Å². The summed E-state index contributed by atoms with van der Waals surface area (Å²) in [7, 11) is 0. The Hall–Kier alpha value is -3.16. The van der Waals surface area contributed by atoms with Crippen LogP contribution >= 0.6 is 0 Å². The summed E-state index contributed by atoms with van der Waals surface area (Å²) >= 11 is 0. The van der Waals surface area contributed by atoms with Gasteiger partial charge in [-0.15, -0.1) is 0 Å². The number of rotatable bonds is 4. The molecule has 0 radical (unpaired) electrons. The highest BCUT2D eigenvalue weighted by Gasteiger charge is 2.24. The van der Waals surface area contributed by atoms with Gasteiger partial charge in [-0.25, -0.2) is 9.59 Å². The predicted octanol–water partition coefficient (Wildman–Crippen LogP) is 2.59. The second-order valence-electron chi connectivity index (χ2n) is 6.67. The standard InChI is InChI=1S/C19H21N3O5/c1-11(20-13-9-7-12(8-10-13)18(25)26)15-16(23)21-19(27)22(17(15)24)14-5-3-2-4-6-14/h7-10,14,24H,2-6H2,1H3,(H,25,26)(H,21,23,27). The SMILES string of the molecule is CC(=Nc1ccc(C(=O)O)cc1)c1c(O)n(C2CCCCC2)c(=O)[nH]c1=O. The Labute approximate surface area is 154 Å². The molecule has 1 aliphatic carbocycles. The van der Waals surface area contributed by atoms with Crippen LogP contribution in [0.1, 0.15) is 61.0 Å². The van der Waals surface area contributed by atoms with Crippen molar-refractivity contribution in [1.29, 1.82) is 0 Å². The summed E-state index contributed by atoms with van der Waals surface area (Å²) in [6.07, 6.45) is 4.56. The fraction of sp³-hybridized carbons (Fsp3) is 0.368. The zero-order valence-corrected chi connectivity index (χ0v) is 14.9. The van der Waals surface area contributed by atoms with Gasteiger partial charge in [-0.2, -0.15) is 0 Å². The van der Waals surface area contributed by atoms with E-state index in [9.17, 15) is 19.5 Å². The highest BCUT2D eigenvalue weighted by molar-refractivity contribution is 6.01. The van der Waals surface area contributed by atoms with Crippen LogP contribution in [0.3, 0.4) is 0 Å². The highest BCUT2D eigenvalue weighted by Crippen LogP contribution is 2.30. The fourth-order valence-corrected chi connectivity index (χ4v) is 3.47. The van der Waals surface area contributed by atoms with Gasteiger partial charge in [-0.05, 0) is 44.0 Å². The van der Waals surface area contributed by atoms with Crippen molar-refractivity contribution in [2.24, 2.45) is 4.99 Å². The molecule has 3 N–H and O–H groups in total. The lowest BCUT2D eigenvalue weighted by molar-refractivity contribution is 0.0697. The van der Waals surface area contributed by atoms with Gasteiger partial charge >= 0.3 is 11.7 Å². The quantitative estimate of drug-likeness (QED) is 0.713. The number of aromatic nitrogens is 2. The Morgan fingerprint density at radius 2 is 1.78 bits per heavy atom. The number of carboxylic acids is 1. The molecule has 0 atom stereocenters. The molecule has 1 heterocycles. The number of aromatic amines is 1. The molecule has 3 rings (SSSR count). The molecule has 1 aromatic carbocycles. The van der Waals surface area contributed by atoms with Crippen LogP contribution < -0.4 is 11.2 Å². The number of aliphatic imine (C=N–C) groups is 1. The first-order valence-electron chi connectivity index (χ1n) is 8.85. The normalized spacial score (nSPS) is 15.7. The van der Waals surface area contributed by atoms with Crippen molar-refractivity contribution in [1.82, 2.24) is 9.55 Å². The van der Waals surface area contributed by atoms with Crippen molar-refractivity contribution in [3.8, 4) is 5.88 Å². The Kier molecular flexibility index (Phi) is 5.25. The largest absolute Gasteiger partial charge is 0.494 e. The molecule has 1 fully saturated rings. The number of benzene rings is 1.